The Morgan fingerprint density at radius 3 is 2.36 bits per heavy atom. The van der Waals surface area contributed by atoms with E-state index in [1.54, 1.807) is 12.1 Å². The van der Waals surface area contributed by atoms with Gasteiger partial charge in [-0.3, -0.25) is 4.79 Å². The van der Waals surface area contributed by atoms with Gasteiger partial charge in [0.2, 0.25) is 15.3 Å². The monoisotopic (exact) mass is 401 g/mol. The van der Waals surface area contributed by atoms with Crippen molar-refractivity contribution in [1.29, 1.82) is 0 Å². The van der Waals surface area contributed by atoms with Crippen LogP contribution in [0.3, 0.4) is 0 Å². The van der Waals surface area contributed by atoms with Gasteiger partial charge < -0.3 is 14.5 Å². The van der Waals surface area contributed by atoms with Crippen LogP contribution in [0.1, 0.15) is 21.6 Å². The van der Waals surface area contributed by atoms with Crippen molar-refractivity contribution in [3.8, 4) is 0 Å². The highest BCUT2D eigenvalue weighted by Gasteiger charge is 2.27. The van der Waals surface area contributed by atoms with Crippen molar-refractivity contribution < 1.29 is 22.7 Å². The Kier molecular flexibility index (Phi) is 5.35. The summed E-state index contributed by atoms with van der Waals surface area (Å²) < 4.78 is 36.2. The minimum absolute atomic E-state index is 0.00410. The van der Waals surface area contributed by atoms with Gasteiger partial charge >= 0.3 is 5.97 Å². The fourth-order valence-electron chi connectivity index (χ4n) is 2.93. The Morgan fingerprint density at radius 1 is 1.07 bits per heavy atom. The highest BCUT2D eigenvalue weighted by atomic mass is 32.2. The third-order valence-electron chi connectivity index (χ3n) is 4.34. The normalized spacial score (nSPS) is 11.5. The van der Waals surface area contributed by atoms with Gasteiger partial charge in [0.15, 0.2) is 0 Å². The zero-order valence-electron chi connectivity index (χ0n) is 15.6. The second-order valence-corrected chi connectivity index (χ2v) is 8.15. The fraction of sp³-hybridized carbons (Fsp3) is 0.200. The third-order valence-corrected chi connectivity index (χ3v) is 6.20. The second-order valence-electron chi connectivity index (χ2n) is 6.26. The number of carbonyl (C=O) groups excluding carboxylic acids is 1. The molecule has 8 heteroatoms. The lowest BCUT2D eigenvalue weighted by atomic mass is 10.1. The number of fused-ring (bicyclic) bond motifs is 1. The van der Waals surface area contributed by atoms with E-state index in [-0.39, 0.29) is 28.1 Å². The molecule has 2 aromatic carbocycles. The van der Waals surface area contributed by atoms with Crippen LogP contribution in [0.15, 0.2) is 57.1 Å². The van der Waals surface area contributed by atoms with Crippen molar-refractivity contribution in [2.45, 2.75) is 23.3 Å². The number of H-pyrrole nitrogens is 1. The molecule has 1 aromatic heterocycles. The Morgan fingerprint density at radius 2 is 1.75 bits per heavy atom. The van der Waals surface area contributed by atoms with Crippen LogP contribution in [-0.2, 0) is 25.9 Å². The topological polar surface area (TPSA) is 103 Å². The molecular formula is C20H19NO6S. The first kappa shape index (κ1) is 19.8. The quantitative estimate of drug-likeness (QED) is 0.659. The van der Waals surface area contributed by atoms with E-state index in [0.717, 1.165) is 5.56 Å². The van der Waals surface area contributed by atoms with Gasteiger partial charge in [-0.25, -0.2) is 13.2 Å². The van der Waals surface area contributed by atoms with Crippen molar-refractivity contribution in [1.82, 2.24) is 4.98 Å². The molecule has 7 nitrogen and oxygen atoms in total. The summed E-state index contributed by atoms with van der Waals surface area (Å²) in [7, 11) is -1.47. The summed E-state index contributed by atoms with van der Waals surface area (Å²) in [5, 5.41) is 0.0773. The molecule has 0 saturated heterocycles. The second kappa shape index (κ2) is 7.57. The van der Waals surface area contributed by atoms with Crippen LogP contribution in [0, 0.1) is 6.92 Å². The smallest absolute Gasteiger partial charge is 0.337 e. The summed E-state index contributed by atoms with van der Waals surface area (Å²) >= 11 is 0. The van der Waals surface area contributed by atoms with Crippen LogP contribution in [0.4, 0.5) is 0 Å². The summed E-state index contributed by atoms with van der Waals surface area (Å²) in [5.41, 5.74) is 0.885. The first-order valence-corrected chi connectivity index (χ1v) is 9.86. The van der Waals surface area contributed by atoms with Crippen molar-refractivity contribution >= 4 is 26.7 Å². The van der Waals surface area contributed by atoms with Crippen molar-refractivity contribution in [2.75, 3.05) is 14.2 Å². The molecule has 0 fully saturated rings. The number of aromatic nitrogens is 1. The average molecular weight is 401 g/mol. The molecule has 1 N–H and O–H groups in total. The van der Waals surface area contributed by atoms with Crippen LogP contribution in [-0.4, -0.2) is 33.6 Å². The van der Waals surface area contributed by atoms with Gasteiger partial charge in [-0.1, -0.05) is 17.7 Å². The fourth-order valence-corrected chi connectivity index (χ4v) is 4.45. The number of pyridine rings is 1. The lowest BCUT2D eigenvalue weighted by Gasteiger charge is -2.12. The zero-order chi connectivity index (χ0) is 20.5. The van der Waals surface area contributed by atoms with Gasteiger partial charge in [-0.2, -0.15) is 0 Å². The van der Waals surface area contributed by atoms with E-state index >= 15 is 0 Å². The number of aromatic amines is 1. The zero-order valence-corrected chi connectivity index (χ0v) is 16.4. The maximum Gasteiger partial charge on any atom is 0.337 e. The first-order valence-electron chi connectivity index (χ1n) is 8.37. The van der Waals surface area contributed by atoms with Crippen LogP contribution < -0.4 is 5.43 Å². The summed E-state index contributed by atoms with van der Waals surface area (Å²) in [6.07, 6.45) is 0. The van der Waals surface area contributed by atoms with E-state index in [4.69, 9.17) is 4.74 Å². The molecule has 0 atom stereocenters. The molecule has 0 radical (unpaired) electrons. The van der Waals surface area contributed by atoms with Crippen molar-refractivity contribution in [3.05, 3.63) is 69.5 Å². The molecule has 0 bridgehead atoms. The van der Waals surface area contributed by atoms with Crippen LogP contribution in [0.25, 0.3) is 10.9 Å². The molecule has 0 unspecified atom stereocenters. The lowest BCUT2D eigenvalue weighted by Crippen LogP contribution is -2.21. The Bertz CT molecular complexity index is 1210. The molecule has 0 aliphatic carbocycles. The molecule has 0 aliphatic heterocycles. The predicted octanol–water partition coefficient (Wildman–Crippen LogP) is 2.60. The number of hydrogen-bond donors (Lipinski definition) is 1. The number of ether oxygens (including phenoxy) is 2. The van der Waals surface area contributed by atoms with Crippen LogP contribution >= 0.6 is 0 Å². The molecule has 3 rings (SSSR count). The Hall–Kier alpha value is -2.97. The summed E-state index contributed by atoms with van der Waals surface area (Å²) in [5.74, 6) is -0.620. The molecule has 0 saturated carbocycles. The minimum atomic E-state index is -4.11. The number of aryl methyl sites for hydroxylation is 1. The molecule has 0 amide bonds. The molecule has 146 valence electrons. The maximum atomic E-state index is 13.2. The number of rotatable bonds is 5. The minimum Gasteiger partial charge on any atom is -0.465 e. The summed E-state index contributed by atoms with van der Waals surface area (Å²) in [6.45, 7) is 1.74. The highest BCUT2D eigenvalue weighted by Crippen LogP contribution is 2.24. The summed E-state index contributed by atoms with van der Waals surface area (Å²) in [6, 6.07) is 10.6. The number of esters is 1. The van der Waals surface area contributed by atoms with E-state index in [0.29, 0.717) is 5.52 Å². The largest absolute Gasteiger partial charge is 0.465 e. The summed E-state index contributed by atoms with van der Waals surface area (Å²) in [4.78, 5) is 27.5. The van der Waals surface area contributed by atoms with Gasteiger partial charge in [-0.05, 0) is 37.3 Å². The van der Waals surface area contributed by atoms with Gasteiger partial charge in [0.1, 0.15) is 4.90 Å². The van der Waals surface area contributed by atoms with E-state index < -0.39 is 26.1 Å². The maximum absolute atomic E-state index is 13.2. The number of hydrogen-bond acceptors (Lipinski definition) is 6. The van der Waals surface area contributed by atoms with Crippen molar-refractivity contribution in [2.24, 2.45) is 0 Å². The van der Waals surface area contributed by atoms with E-state index in [1.807, 2.05) is 6.92 Å². The van der Waals surface area contributed by atoms with E-state index in [2.05, 4.69) is 9.72 Å². The van der Waals surface area contributed by atoms with Crippen LogP contribution in [0.2, 0.25) is 0 Å². The molecule has 1 heterocycles. The van der Waals surface area contributed by atoms with Gasteiger partial charge in [0.25, 0.3) is 0 Å². The molecule has 28 heavy (non-hydrogen) atoms. The highest BCUT2D eigenvalue weighted by molar-refractivity contribution is 7.91. The molecule has 3 aromatic rings. The lowest BCUT2D eigenvalue weighted by molar-refractivity contribution is 0.0601. The predicted molar refractivity (Wildman–Crippen MR) is 103 cm³/mol. The van der Waals surface area contributed by atoms with Crippen LogP contribution in [0.5, 0.6) is 0 Å². The third kappa shape index (κ3) is 3.44. The van der Waals surface area contributed by atoms with Gasteiger partial charge in [-0.15, -0.1) is 0 Å². The first-order chi connectivity index (χ1) is 13.3. The number of nitrogens with one attached hydrogen (secondary N) is 1. The standard InChI is InChI=1S/C20H19NO6S/c1-12-4-7-14(8-5-12)28(24,25)19-17(11-26-2)21-16-9-6-13(20(23)27-3)10-15(16)18(19)22/h4-10H,11H2,1-3H3,(H,21,22). The van der Waals surface area contributed by atoms with Gasteiger partial charge in [0.05, 0.1) is 29.9 Å². The number of sulfone groups is 1. The van der Waals surface area contributed by atoms with Crippen molar-refractivity contribution in [3.63, 3.8) is 0 Å². The Labute approximate surface area is 161 Å². The molecule has 0 aliphatic rings. The van der Waals surface area contributed by atoms with E-state index in [9.17, 15) is 18.0 Å². The average Bonchev–Trinajstić information content (AvgIpc) is 2.67. The van der Waals surface area contributed by atoms with E-state index in [1.165, 1.54) is 44.6 Å². The SMILES string of the molecule is COCc1[nH]c2ccc(C(=O)OC)cc2c(=O)c1S(=O)(=O)c1ccc(C)cc1. The number of carbonyl (C=O) groups is 1. The number of benzene rings is 2. The number of methoxy groups -OCH3 is 2. The Balaban J connectivity index is 2.34. The molecular weight excluding hydrogens is 382 g/mol. The molecule has 0 spiro atoms. The van der Waals surface area contributed by atoms with Gasteiger partial charge in [0, 0.05) is 18.0 Å².